The van der Waals surface area contributed by atoms with Crippen molar-refractivity contribution >= 4 is 22.0 Å². The fraction of sp³-hybridized carbons (Fsp3) is 0.500. The van der Waals surface area contributed by atoms with Crippen molar-refractivity contribution in [3.8, 4) is 0 Å². The van der Waals surface area contributed by atoms with E-state index in [2.05, 4.69) is 0 Å². The highest BCUT2D eigenvalue weighted by Crippen LogP contribution is 2.00. The Morgan fingerprint density at radius 2 is 2.12 bits per heavy atom. The van der Waals surface area contributed by atoms with Gasteiger partial charge in [-0.25, -0.2) is 0 Å². The van der Waals surface area contributed by atoms with E-state index in [4.69, 9.17) is 5.11 Å². The molecule has 3 nitrogen and oxygen atoms in total. The van der Waals surface area contributed by atoms with Crippen molar-refractivity contribution < 1.29 is 14.7 Å². The Hall–Kier alpha value is -0.350. The van der Waals surface area contributed by atoms with Crippen LogP contribution in [0.4, 0.5) is 0 Å². The molecule has 0 aromatic carbocycles. The molecular formula is C4H6O3S. The molecule has 46 valence electrons. The lowest BCUT2D eigenvalue weighted by molar-refractivity contribution is -0.114. The van der Waals surface area contributed by atoms with Crippen molar-refractivity contribution in [1.82, 2.24) is 0 Å². The van der Waals surface area contributed by atoms with Crippen molar-refractivity contribution in [3.05, 3.63) is 0 Å². The van der Waals surface area contributed by atoms with Gasteiger partial charge in [0.1, 0.15) is 6.61 Å². The van der Waals surface area contributed by atoms with Crippen LogP contribution in [-0.2, 0) is 9.59 Å². The summed E-state index contributed by atoms with van der Waals surface area (Å²) in [5.41, 5.74) is 0. The molecular weight excluding hydrogens is 128 g/mol. The molecule has 0 aromatic rings. The highest BCUT2D eigenvalue weighted by atomic mass is 32.2. The molecule has 0 radical (unpaired) electrons. The third-order valence-corrected chi connectivity index (χ3v) is 1.03. The summed E-state index contributed by atoms with van der Waals surface area (Å²) >= 11 is 0.527. The van der Waals surface area contributed by atoms with E-state index in [9.17, 15) is 9.59 Å². The van der Waals surface area contributed by atoms with Crippen LogP contribution in [0.1, 0.15) is 6.92 Å². The van der Waals surface area contributed by atoms with Gasteiger partial charge in [0, 0.05) is 6.92 Å². The van der Waals surface area contributed by atoms with Crippen LogP contribution in [-0.4, -0.2) is 21.9 Å². The predicted octanol–water partition coefficient (Wildman–Crippen LogP) is -0.215. The van der Waals surface area contributed by atoms with Crippen LogP contribution in [0.3, 0.4) is 0 Å². The van der Waals surface area contributed by atoms with E-state index in [1.54, 1.807) is 0 Å². The van der Waals surface area contributed by atoms with Crippen molar-refractivity contribution in [1.29, 1.82) is 0 Å². The number of hydrogen-bond acceptors (Lipinski definition) is 4. The maximum Gasteiger partial charge on any atom is 0.221 e. The first-order valence-electron chi connectivity index (χ1n) is 1.99. The standard InChI is InChI=1S/C4H6O3S/c1-3(6)8-4(7)2-5/h5H,2H2,1H3. The van der Waals surface area contributed by atoms with Crippen molar-refractivity contribution in [2.24, 2.45) is 0 Å². The minimum absolute atomic E-state index is 0.288. The van der Waals surface area contributed by atoms with Gasteiger partial charge in [0.05, 0.1) is 0 Å². The lowest BCUT2D eigenvalue weighted by Gasteiger charge is -1.86. The Morgan fingerprint density at radius 1 is 1.62 bits per heavy atom. The van der Waals surface area contributed by atoms with E-state index < -0.39 is 11.7 Å². The van der Waals surface area contributed by atoms with Crippen molar-refractivity contribution in [2.45, 2.75) is 6.92 Å². The molecule has 0 aliphatic carbocycles. The molecule has 0 saturated heterocycles. The van der Waals surface area contributed by atoms with Crippen LogP contribution in [0.15, 0.2) is 0 Å². The van der Waals surface area contributed by atoms with Crippen LogP contribution in [0.2, 0.25) is 0 Å². The Kier molecular flexibility index (Phi) is 3.47. The fourth-order valence-corrected chi connectivity index (χ4v) is 0.578. The van der Waals surface area contributed by atoms with Gasteiger partial charge in [0.15, 0.2) is 5.12 Å². The summed E-state index contributed by atoms with van der Waals surface area (Å²) in [4.78, 5) is 20.2. The second-order valence-electron chi connectivity index (χ2n) is 1.12. The molecule has 0 atom stereocenters. The summed E-state index contributed by atoms with van der Waals surface area (Å²) in [7, 11) is 0. The van der Waals surface area contributed by atoms with Crippen molar-refractivity contribution in [2.75, 3.05) is 6.61 Å². The molecule has 4 heteroatoms. The largest absolute Gasteiger partial charge is 0.388 e. The zero-order chi connectivity index (χ0) is 6.57. The summed E-state index contributed by atoms with van der Waals surface area (Å²) in [6.45, 7) is 0.711. The second kappa shape index (κ2) is 3.63. The summed E-state index contributed by atoms with van der Waals surface area (Å²) in [5.74, 6) is 0. The molecule has 0 aliphatic rings. The molecule has 0 aromatic heterocycles. The minimum Gasteiger partial charge on any atom is -0.388 e. The fourth-order valence-electron chi connectivity index (χ4n) is 0.193. The average molecular weight is 134 g/mol. The monoisotopic (exact) mass is 134 g/mol. The SMILES string of the molecule is CC(=O)SC(=O)CO. The molecule has 0 amide bonds. The van der Waals surface area contributed by atoms with Crippen LogP contribution >= 0.6 is 11.8 Å². The van der Waals surface area contributed by atoms with Crippen LogP contribution < -0.4 is 0 Å². The van der Waals surface area contributed by atoms with E-state index in [1.165, 1.54) is 6.92 Å². The number of carbonyl (C=O) groups excluding carboxylic acids is 2. The first-order chi connectivity index (χ1) is 3.66. The molecule has 0 fully saturated rings. The summed E-state index contributed by atoms with van der Waals surface area (Å²) in [5, 5.41) is 7.27. The average Bonchev–Trinajstić information content (AvgIpc) is 1.65. The van der Waals surface area contributed by atoms with E-state index >= 15 is 0 Å². The topological polar surface area (TPSA) is 54.4 Å². The third kappa shape index (κ3) is 3.83. The molecule has 0 rings (SSSR count). The zero-order valence-corrected chi connectivity index (χ0v) is 5.20. The Bertz CT molecular complexity index is 110. The lowest BCUT2D eigenvalue weighted by Crippen LogP contribution is -1.99. The molecule has 0 spiro atoms. The molecule has 0 aliphatic heterocycles. The van der Waals surface area contributed by atoms with E-state index in [1.807, 2.05) is 0 Å². The maximum atomic E-state index is 10.1. The lowest BCUT2D eigenvalue weighted by atomic mass is 10.8. The first-order valence-corrected chi connectivity index (χ1v) is 2.80. The van der Waals surface area contributed by atoms with Crippen LogP contribution in [0.5, 0.6) is 0 Å². The third-order valence-electron chi connectivity index (χ3n) is 0.387. The highest BCUT2D eigenvalue weighted by Gasteiger charge is 2.01. The van der Waals surface area contributed by atoms with Gasteiger partial charge in [-0.15, -0.1) is 0 Å². The number of rotatable bonds is 1. The number of aliphatic hydroxyl groups is 1. The summed E-state index contributed by atoms with van der Waals surface area (Å²) < 4.78 is 0. The number of carbonyl (C=O) groups is 2. The molecule has 0 bridgehead atoms. The van der Waals surface area contributed by atoms with Crippen molar-refractivity contribution in [3.63, 3.8) is 0 Å². The van der Waals surface area contributed by atoms with Gasteiger partial charge in [-0.3, -0.25) is 9.59 Å². The van der Waals surface area contributed by atoms with Gasteiger partial charge in [-0.2, -0.15) is 0 Å². The molecule has 0 saturated carbocycles. The maximum absolute atomic E-state index is 10.1. The zero-order valence-electron chi connectivity index (χ0n) is 4.38. The smallest absolute Gasteiger partial charge is 0.221 e. The van der Waals surface area contributed by atoms with E-state index in [0.29, 0.717) is 11.8 Å². The minimum atomic E-state index is -0.565. The van der Waals surface area contributed by atoms with E-state index in [-0.39, 0.29) is 5.12 Å². The quantitative estimate of drug-likeness (QED) is 0.539. The van der Waals surface area contributed by atoms with Gasteiger partial charge in [-0.1, -0.05) is 0 Å². The summed E-state index contributed by atoms with van der Waals surface area (Å²) in [6.07, 6.45) is 0. The predicted molar refractivity (Wildman–Crippen MR) is 30.4 cm³/mol. The number of hydrogen-bond donors (Lipinski definition) is 1. The Morgan fingerprint density at radius 3 is 2.25 bits per heavy atom. The van der Waals surface area contributed by atoms with Crippen LogP contribution in [0, 0.1) is 0 Å². The number of thioether (sulfide) groups is 1. The molecule has 0 heterocycles. The Balaban J connectivity index is 3.40. The molecule has 1 N–H and O–H groups in total. The van der Waals surface area contributed by atoms with Crippen LogP contribution in [0.25, 0.3) is 0 Å². The first kappa shape index (κ1) is 7.65. The van der Waals surface area contributed by atoms with Gasteiger partial charge in [0.2, 0.25) is 5.12 Å². The normalized spacial score (nSPS) is 8.75. The molecule has 8 heavy (non-hydrogen) atoms. The van der Waals surface area contributed by atoms with E-state index in [0.717, 1.165) is 0 Å². The Labute approximate surface area is 51.1 Å². The summed E-state index contributed by atoms with van der Waals surface area (Å²) in [6, 6.07) is 0. The van der Waals surface area contributed by atoms with Gasteiger partial charge in [-0.05, 0) is 11.8 Å². The van der Waals surface area contributed by atoms with Gasteiger partial charge < -0.3 is 5.11 Å². The van der Waals surface area contributed by atoms with Gasteiger partial charge >= 0.3 is 0 Å². The molecule has 0 unspecified atom stereocenters. The number of aliphatic hydroxyl groups excluding tert-OH is 1. The highest BCUT2D eigenvalue weighted by molar-refractivity contribution is 8.26. The van der Waals surface area contributed by atoms with Gasteiger partial charge in [0.25, 0.3) is 0 Å². The second-order valence-corrected chi connectivity index (χ2v) is 2.36.